The summed E-state index contributed by atoms with van der Waals surface area (Å²) in [5.41, 5.74) is 4.40. The summed E-state index contributed by atoms with van der Waals surface area (Å²) in [6.07, 6.45) is -0.510. The highest BCUT2D eigenvalue weighted by atomic mass is 32.1. The molecule has 2 amide bonds. The molecule has 0 saturated carbocycles. The predicted molar refractivity (Wildman–Crippen MR) is 166 cm³/mol. The fourth-order valence-electron chi connectivity index (χ4n) is 4.96. The van der Waals surface area contributed by atoms with E-state index in [1.807, 2.05) is 57.5 Å². The average molecular weight is 587 g/mol. The van der Waals surface area contributed by atoms with Gasteiger partial charge < -0.3 is 25.4 Å². The maximum absolute atomic E-state index is 13.9. The Kier molecular flexibility index (Phi) is 10.8. The Morgan fingerprint density at radius 1 is 1.10 bits per heavy atom. The molecule has 1 aliphatic rings. The number of thiazole rings is 1. The van der Waals surface area contributed by atoms with Crippen molar-refractivity contribution in [2.24, 2.45) is 16.2 Å². The van der Waals surface area contributed by atoms with Crippen LogP contribution >= 0.6 is 11.3 Å². The molecule has 0 bridgehead atoms. The van der Waals surface area contributed by atoms with Gasteiger partial charge in [-0.25, -0.2) is 4.98 Å². The Morgan fingerprint density at radius 2 is 1.76 bits per heavy atom. The summed E-state index contributed by atoms with van der Waals surface area (Å²) in [4.78, 5) is 34.2. The van der Waals surface area contributed by atoms with Gasteiger partial charge in [-0.05, 0) is 28.9 Å². The molecule has 1 fully saturated rings. The van der Waals surface area contributed by atoms with Crippen molar-refractivity contribution in [1.29, 1.82) is 0 Å². The van der Waals surface area contributed by atoms with Gasteiger partial charge in [0.15, 0.2) is 0 Å². The van der Waals surface area contributed by atoms with E-state index in [1.165, 1.54) is 0 Å². The van der Waals surface area contributed by atoms with Crippen LogP contribution in [0.5, 0.6) is 0 Å². The lowest BCUT2D eigenvalue weighted by molar-refractivity contribution is -0.142. The Morgan fingerprint density at radius 3 is 2.32 bits per heavy atom. The third-order valence-electron chi connectivity index (χ3n) is 7.22. The van der Waals surface area contributed by atoms with Gasteiger partial charge in [-0.3, -0.25) is 9.59 Å². The smallest absolute Gasteiger partial charge is 0.243 e. The predicted octanol–water partition coefficient (Wildman–Crippen LogP) is 4.79. The molecule has 0 spiro atoms. The van der Waals surface area contributed by atoms with Gasteiger partial charge in [-0.1, -0.05) is 79.7 Å². The number of ether oxygens (including phenoxy) is 1. The third kappa shape index (κ3) is 9.60. The minimum absolute atomic E-state index is 0.0873. The first-order valence-corrected chi connectivity index (χ1v) is 15.4. The summed E-state index contributed by atoms with van der Waals surface area (Å²) in [5, 5.41) is 17.0. The zero-order chi connectivity index (χ0) is 30.6. The second-order valence-electron chi connectivity index (χ2n) is 14.5. The lowest BCUT2D eigenvalue weighted by Crippen LogP contribution is -2.58. The first-order chi connectivity index (χ1) is 19.0. The molecule has 228 valence electrons. The molecule has 2 heterocycles. The molecule has 0 aliphatic carbocycles. The van der Waals surface area contributed by atoms with E-state index in [0.29, 0.717) is 26.3 Å². The number of amides is 2. The monoisotopic (exact) mass is 586 g/mol. The number of rotatable bonds is 11. The lowest BCUT2D eigenvalue weighted by atomic mass is 9.84. The Balaban J connectivity index is 1.63. The second-order valence-corrected chi connectivity index (χ2v) is 15.3. The Labute approximate surface area is 250 Å². The number of hydrogen-bond donors (Lipinski definition) is 3. The van der Waals surface area contributed by atoms with E-state index >= 15 is 0 Å². The topological polar surface area (TPSA) is 104 Å². The van der Waals surface area contributed by atoms with Crippen LogP contribution in [-0.2, 0) is 20.9 Å². The van der Waals surface area contributed by atoms with Gasteiger partial charge in [-0.15, -0.1) is 11.3 Å². The maximum atomic E-state index is 13.9. The van der Waals surface area contributed by atoms with Crippen LogP contribution in [-0.4, -0.2) is 71.3 Å². The van der Waals surface area contributed by atoms with Crippen molar-refractivity contribution < 1.29 is 19.4 Å². The van der Waals surface area contributed by atoms with Crippen molar-refractivity contribution in [3.05, 3.63) is 41.0 Å². The van der Waals surface area contributed by atoms with Crippen LogP contribution in [0, 0.1) is 23.2 Å². The maximum Gasteiger partial charge on any atom is 0.243 e. The SMILES string of the molecule is Cc1ncsc1-c1ccc(CNC(=O)[C@@H]2C[C@@H](O)CN2C(=O)[C@@H](NCC(C)(C)COCC(C)(C)C)C(C)(C)C)cc1. The number of aryl methyl sites for hydroxylation is 1. The van der Waals surface area contributed by atoms with Crippen molar-refractivity contribution in [2.45, 2.75) is 93.5 Å². The summed E-state index contributed by atoms with van der Waals surface area (Å²) in [7, 11) is 0. The molecule has 1 aromatic heterocycles. The number of likely N-dealkylation sites (tertiary alicyclic amines) is 1. The van der Waals surface area contributed by atoms with Crippen molar-refractivity contribution >= 4 is 23.2 Å². The summed E-state index contributed by atoms with van der Waals surface area (Å²) in [6, 6.07) is 6.82. The van der Waals surface area contributed by atoms with Gasteiger partial charge >= 0.3 is 0 Å². The number of aliphatic hydroxyl groups is 1. The third-order valence-corrected chi connectivity index (χ3v) is 8.20. The molecule has 41 heavy (non-hydrogen) atoms. The number of benzene rings is 1. The molecule has 3 N–H and O–H groups in total. The summed E-state index contributed by atoms with van der Waals surface area (Å²) in [5.74, 6) is -0.411. The largest absolute Gasteiger partial charge is 0.391 e. The van der Waals surface area contributed by atoms with E-state index in [4.69, 9.17) is 4.74 Å². The highest BCUT2D eigenvalue weighted by Crippen LogP contribution is 2.29. The molecule has 1 aromatic carbocycles. The Hall–Kier alpha value is -2.33. The van der Waals surface area contributed by atoms with Crippen LogP contribution in [0.3, 0.4) is 0 Å². The number of aromatic nitrogens is 1. The molecule has 1 aliphatic heterocycles. The quantitative estimate of drug-likeness (QED) is 0.350. The van der Waals surface area contributed by atoms with Crippen molar-refractivity contribution in [3.8, 4) is 10.4 Å². The normalized spacial score (nSPS) is 18.9. The second kappa shape index (κ2) is 13.3. The van der Waals surface area contributed by atoms with Crippen LogP contribution in [0.2, 0.25) is 0 Å². The number of nitrogens with zero attached hydrogens (tertiary/aromatic N) is 2. The van der Waals surface area contributed by atoms with E-state index in [-0.39, 0.29) is 35.6 Å². The highest BCUT2D eigenvalue weighted by molar-refractivity contribution is 7.13. The Bertz CT molecular complexity index is 1160. The van der Waals surface area contributed by atoms with Crippen LogP contribution in [0.4, 0.5) is 0 Å². The minimum Gasteiger partial charge on any atom is -0.391 e. The molecule has 2 aromatic rings. The van der Waals surface area contributed by atoms with Gasteiger partial charge in [-0.2, -0.15) is 0 Å². The van der Waals surface area contributed by atoms with Gasteiger partial charge in [0, 0.05) is 31.5 Å². The zero-order valence-electron chi connectivity index (χ0n) is 26.3. The first kappa shape index (κ1) is 33.2. The zero-order valence-corrected chi connectivity index (χ0v) is 27.2. The molecule has 3 rings (SSSR count). The number of carbonyl (C=O) groups excluding carboxylic acids is 2. The number of carbonyl (C=O) groups is 2. The first-order valence-electron chi connectivity index (χ1n) is 14.5. The molecular formula is C32H50N4O4S. The summed E-state index contributed by atoms with van der Waals surface area (Å²) in [6.45, 7) is 21.0. The number of hydrogen-bond acceptors (Lipinski definition) is 7. The van der Waals surface area contributed by atoms with Crippen LogP contribution in [0.15, 0.2) is 29.8 Å². The van der Waals surface area contributed by atoms with E-state index in [9.17, 15) is 14.7 Å². The molecule has 1 saturated heterocycles. The summed E-state index contributed by atoms with van der Waals surface area (Å²) >= 11 is 1.61. The van der Waals surface area contributed by atoms with Gasteiger partial charge in [0.25, 0.3) is 0 Å². The highest BCUT2D eigenvalue weighted by Gasteiger charge is 2.44. The number of aliphatic hydroxyl groups excluding tert-OH is 1. The minimum atomic E-state index is -0.737. The van der Waals surface area contributed by atoms with Crippen molar-refractivity contribution in [1.82, 2.24) is 20.5 Å². The van der Waals surface area contributed by atoms with Crippen LogP contribution < -0.4 is 10.6 Å². The van der Waals surface area contributed by atoms with E-state index < -0.39 is 23.6 Å². The molecule has 8 nitrogen and oxygen atoms in total. The van der Waals surface area contributed by atoms with Gasteiger partial charge in [0.05, 0.1) is 41.4 Å². The fourth-order valence-corrected chi connectivity index (χ4v) is 5.77. The average Bonchev–Trinajstić information content (AvgIpc) is 3.46. The van der Waals surface area contributed by atoms with Crippen LogP contribution in [0.25, 0.3) is 10.4 Å². The van der Waals surface area contributed by atoms with Crippen LogP contribution in [0.1, 0.15) is 73.1 Å². The van der Waals surface area contributed by atoms with Crippen molar-refractivity contribution in [3.63, 3.8) is 0 Å². The van der Waals surface area contributed by atoms with E-state index in [0.717, 1.165) is 21.7 Å². The number of nitrogens with one attached hydrogen (secondary N) is 2. The van der Waals surface area contributed by atoms with Gasteiger partial charge in [0.2, 0.25) is 11.8 Å². The molecule has 9 heteroatoms. The molecule has 0 radical (unpaired) electrons. The van der Waals surface area contributed by atoms with E-state index in [2.05, 4.69) is 50.2 Å². The number of β-amino-alcohol motifs (C(OH)–C–C–N with tert-alkyl or cyclic N) is 1. The molecule has 0 unspecified atom stereocenters. The summed E-state index contributed by atoms with van der Waals surface area (Å²) < 4.78 is 5.97. The van der Waals surface area contributed by atoms with Gasteiger partial charge in [0.1, 0.15) is 6.04 Å². The molecule has 3 atom stereocenters. The molecular weight excluding hydrogens is 536 g/mol. The van der Waals surface area contributed by atoms with E-state index in [1.54, 1.807) is 16.2 Å². The van der Waals surface area contributed by atoms with Crippen molar-refractivity contribution in [2.75, 3.05) is 26.3 Å². The fraction of sp³-hybridized carbons (Fsp3) is 0.656. The lowest BCUT2D eigenvalue weighted by Gasteiger charge is -2.37. The standard InChI is InChI=1S/C32H50N4O4S/c1-21-26(41-20-35-21)23-12-10-22(11-13-23)15-33-28(38)25-14-24(37)16-36(25)29(39)27(31(5,6)7)34-17-32(8,9)19-40-18-30(2,3)4/h10-13,20,24-25,27,34,37H,14-19H2,1-9H3,(H,33,38)/t24-,25+,27-/m1/s1.